The number of nitrogens with zero attached hydrogens (tertiary/aromatic N) is 5. The van der Waals surface area contributed by atoms with Gasteiger partial charge in [0.1, 0.15) is 11.4 Å². The number of amidine groups is 1. The van der Waals surface area contributed by atoms with E-state index in [1.165, 1.54) is 0 Å². The topological polar surface area (TPSA) is 55.5 Å². The van der Waals surface area contributed by atoms with Crippen LogP contribution in [0.2, 0.25) is 0 Å². The van der Waals surface area contributed by atoms with Crippen LogP contribution in [0.25, 0.3) is 11.2 Å². The highest BCUT2D eigenvalue weighted by atomic mass is 16.5. The Labute approximate surface area is 124 Å². The normalized spacial score (nSPS) is 17.0. The number of ether oxygens (including phenoxy) is 1. The van der Waals surface area contributed by atoms with E-state index < -0.39 is 0 Å². The summed E-state index contributed by atoms with van der Waals surface area (Å²) < 4.78 is 7.45. The maximum atomic E-state index is 5.38. The molecule has 21 heavy (non-hydrogen) atoms. The van der Waals surface area contributed by atoms with Crippen LogP contribution in [-0.4, -0.2) is 51.6 Å². The number of pyridine rings is 1. The Balaban J connectivity index is 1.96. The van der Waals surface area contributed by atoms with Gasteiger partial charge in [-0.05, 0) is 26.8 Å². The van der Waals surface area contributed by atoms with Crippen LogP contribution in [0.15, 0.2) is 23.6 Å². The first-order valence-electron chi connectivity index (χ1n) is 7.36. The molecule has 0 aliphatic carbocycles. The zero-order valence-corrected chi connectivity index (χ0v) is 12.8. The molecule has 1 aliphatic heterocycles. The Hall–Kier alpha value is -1.95. The van der Waals surface area contributed by atoms with Gasteiger partial charge in [0.25, 0.3) is 0 Å². The molecule has 0 spiro atoms. The van der Waals surface area contributed by atoms with Crippen molar-refractivity contribution < 1.29 is 4.74 Å². The first kappa shape index (κ1) is 14.0. The van der Waals surface area contributed by atoms with Crippen molar-refractivity contribution in [1.29, 1.82) is 0 Å². The molecule has 0 saturated carbocycles. The third kappa shape index (κ3) is 2.76. The van der Waals surface area contributed by atoms with Crippen molar-refractivity contribution in [2.45, 2.75) is 26.8 Å². The number of aliphatic imine (C=N–C) groups is 1. The van der Waals surface area contributed by atoms with Crippen molar-refractivity contribution in [3.05, 3.63) is 18.6 Å². The molecular weight excluding hydrogens is 266 g/mol. The highest BCUT2D eigenvalue weighted by molar-refractivity contribution is 5.90. The lowest BCUT2D eigenvalue weighted by molar-refractivity contribution is 0.0678. The van der Waals surface area contributed by atoms with Gasteiger partial charge in [0.05, 0.1) is 25.2 Å². The Kier molecular flexibility index (Phi) is 3.88. The fourth-order valence-corrected chi connectivity index (χ4v) is 2.52. The monoisotopic (exact) mass is 287 g/mol. The number of aromatic nitrogens is 3. The summed E-state index contributed by atoms with van der Waals surface area (Å²) >= 11 is 0. The molecule has 6 nitrogen and oxygen atoms in total. The van der Waals surface area contributed by atoms with E-state index in [1.54, 1.807) is 6.20 Å². The van der Waals surface area contributed by atoms with Gasteiger partial charge >= 0.3 is 0 Å². The smallest absolute Gasteiger partial charge is 0.162 e. The van der Waals surface area contributed by atoms with Crippen LogP contribution in [-0.2, 0) is 4.74 Å². The van der Waals surface area contributed by atoms with E-state index in [-0.39, 0.29) is 0 Å². The maximum Gasteiger partial charge on any atom is 0.162 e. The zero-order chi connectivity index (χ0) is 14.8. The van der Waals surface area contributed by atoms with Gasteiger partial charge in [-0.15, -0.1) is 0 Å². The number of hydrogen-bond acceptors (Lipinski definition) is 4. The van der Waals surface area contributed by atoms with E-state index in [4.69, 9.17) is 9.73 Å². The molecule has 0 aromatic carbocycles. The predicted molar refractivity (Wildman–Crippen MR) is 83.1 cm³/mol. The van der Waals surface area contributed by atoms with Crippen LogP contribution >= 0.6 is 0 Å². The van der Waals surface area contributed by atoms with Crippen molar-refractivity contribution in [3.63, 3.8) is 0 Å². The minimum Gasteiger partial charge on any atom is -0.378 e. The van der Waals surface area contributed by atoms with E-state index in [0.717, 1.165) is 49.0 Å². The SMILES string of the molecule is C/C(=N/c1ccnc2c1ncn2C(C)C)N1CCOCC1. The number of imidazole rings is 1. The number of rotatable bonds is 2. The van der Waals surface area contributed by atoms with Gasteiger partial charge in [-0.3, -0.25) is 0 Å². The lowest BCUT2D eigenvalue weighted by Gasteiger charge is -2.28. The second kappa shape index (κ2) is 5.81. The third-order valence-electron chi connectivity index (χ3n) is 3.75. The third-order valence-corrected chi connectivity index (χ3v) is 3.75. The van der Waals surface area contributed by atoms with Gasteiger partial charge in [0.15, 0.2) is 5.65 Å². The first-order valence-corrected chi connectivity index (χ1v) is 7.36. The molecule has 1 saturated heterocycles. The van der Waals surface area contributed by atoms with E-state index in [1.807, 2.05) is 19.3 Å². The minimum absolute atomic E-state index is 0.335. The lowest BCUT2D eigenvalue weighted by Crippen LogP contribution is -2.39. The molecule has 0 unspecified atom stereocenters. The van der Waals surface area contributed by atoms with Crippen molar-refractivity contribution in [3.8, 4) is 0 Å². The summed E-state index contributed by atoms with van der Waals surface area (Å²) in [6, 6.07) is 2.26. The minimum atomic E-state index is 0.335. The average Bonchev–Trinajstić information content (AvgIpc) is 2.93. The summed E-state index contributed by atoms with van der Waals surface area (Å²) in [7, 11) is 0. The standard InChI is InChI=1S/C15H21N5O/c1-11(2)20-10-17-14-13(4-5-16-15(14)20)18-12(3)19-6-8-21-9-7-19/h4-5,10-11H,6-9H2,1-3H3/b18-12-. The van der Waals surface area contributed by atoms with Crippen LogP contribution in [0.3, 0.4) is 0 Å². The zero-order valence-electron chi connectivity index (χ0n) is 12.8. The second-order valence-corrected chi connectivity index (χ2v) is 5.51. The van der Waals surface area contributed by atoms with Crippen molar-refractivity contribution in [2.75, 3.05) is 26.3 Å². The Morgan fingerprint density at radius 2 is 2.05 bits per heavy atom. The molecule has 1 fully saturated rings. The quantitative estimate of drug-likeness (QED) is 0.628. The Morgan fingerprint density at radius 3 is 2.76 bits per heavy atom. The number of morpholine rings is 1. The predicted octanol–water partition coefficient (Wildman–Crippen LogP) is 2.39. The molecule has 112 valence electrons. The van der Waals surface area contributed by atoms with Gasteiger partial charge in [0, 0.05) is 25.3 Å². The molecule has 1 aliphatic rings. The molecule has 3 heterocycles. The van der Waals surface area contributed by atoms with Gasteiger partial charge in [-0.25, -0.2) is 15.0 Å². The van der Waals surface area contributed by atoms with Gasteiger partial charge in [0.2, 0.25) is 0 Å². The van der Waals surface area contributed by atoms with Crippen LogP contribution in [0.1, 0.15) is 26.8 Å². The second-order valence-electron chi connectivity index (χ2n) is 5.51. The molecule has 0 radical (unpaired) electrons. The number of fused-ring (bicyclic) bond motifs is 1. The molecule has 6 heteroatoms. The van der Waals surface area contributed by atoms with E-state index in [2.05, 4.69) is 33.3 Å². The van der Waals surface area contributed by atoms with E-state index in [9.17, 15) is 0 Å². The summed E-state index contributed by atoms with van der Waals surface area (Å²) in [5.41, 5.74) is 2.63. The fourth-order valence-electron chi connectivity index (χ4n) is 2.52. The Morgan fingerprint density at radius 1 is 1.29 bits per heavy atom. The van der Waals surface area contributed by atoms with Crippen molar-refractivity contribution in [2.24, 2.45) is 4.99 Å². The molecule has 2 aromatic heterocycles. The molecular formula is C15H21N5O. The molecule has 0 bridgehead atoms. The lowest BCUT2D eigenvalue weighted by atomic mass is 10.3. The van der Waals surface area contributed by atoms with Gasteiger partial charge < -0.3 is 14.2 Å². The highest BCUT2D eigenvalue weighted by Crippen LogP contribution is 2.25. The fraction of sp³-hybridized carbons (Fsp3) is 0.533. The summed E-state index contributed by atoms with van der Waals surface area (Å²) in [5, 5.41) is 0. The summed E-state index contributed by atoms with van der Waals surface area (Å²) in [6.45, 7) is 9.60. The van der Waals surface area contributed by atoms with Crippen molar-refractivity contribution >= 4 is 22.7 Å². The average molecular weight is 287 g/mol. The maximum absolute atomic E-state index is 5.38. The van der Waals surface area contributed by atoms with E-state index >= 15 is 0 Å². The summed E-state index contributed by atoms with van der Waals surface area (Å²) in [5.74, 6) is 1.00. The number of hydrogen-bond donors (Lipinski definition) is 0. The first-order chi connectivity index (χ1) is 10.2. The van der Waals surface area contributed by atoms with Crippen LogP contribution < -0.4 is 0 Å². The van der Waals surface area contributed by atoms with Crippen LogP contribution in [0, 0.1) is 0 Å². The molecule has 0 N–H and O–H groups in total. The Bertz CT molecular complexity index is 655. The highest BCUT2D eigenvalue weighted by Gasteiger charge is 2.14. The summed E-state index contributed by atoms with van der Waals surface area (Å²) in [6.07, 6.45) is 3.64. The largest absolute Gasteiger partial charge is 0.378 e. The molecule has 3 rings (SSSR count). The summed E-state index contributed by atoms with van der Waals surface area (Å²) in [4.78, 5) is 15.9. The van der Waals surface area contributed by atoms with Gasteiger partial charge in [-0.1, -0.05) is 0 Å². The van der Waals surface area contributed by atoms with E-state index in [0.29, 0.717) is 6.04 Å². The molecule has 0 amide bonds. The van der Waals surface area contributed by atoms with Crippen LogP contribution in [0.4, 0.5) is 5.69 Å². The van der Waals surface area contributed by atoms with Gasteiger partial charge in [-0.2, -0.15) is 0 Å². The van der Waals surface area contributed by atoms with Crippen LogP contribution in [0.5, 0.6) is 0 Å². The molecule has 2 aromatic rings. The van der Waals surface area contributed by atoms with Crippen molar-refractivity contribution in [1.82, 2.24) is 19.4 Å². The molecule has 0 atom stereocenters.